The quantitative estimate of drug-likeness (QED) is 0.188. The summed E-state index contributed by atoms with van der Waals surface area (Å²) in [4.78, 5) is 0. The van der Waals surface area contributed by atoms with Gasteiger partial charge in [0.15, 0.2) is 0 Å². The molecule has 0 N–H and O–H groups in total. The largest absolute Gasteiger partial charge is 0.176 e. The number of hydrogen-bond acceptors (Lipinski definition) is 0. The third kappa shape index (κ3) is 12.5. The molecule has 0 bridgehead atoms. The molecule has 5 aliphatic rings. The number of benzene rings is 3. The maximum absolute atomic E-state index is 4.10. The predicted molar refractivity (Wildman–Crippen MR) is 211 cm³/mol. The Labute approximate surface area is 400 Å². The van der Waals surface area contributed by atoms with Crippen LogP contribution in [0.15, 0.2) is 36.4 Å². The summed E-state index contributed by atoms with van der Waals surface area (Å²) in [6, 6.07) is 27.8. The van der Waals surface area contributed by atoms with Crippen LogP contribution in [0.25, 0.3) is 0 Å². The summed E-state index contributed by atoms with van der Waals surface area (Å²) in [7, 11) is 0. The Kier molecular flexibility index (Phi) is 19.5. The molecule has 3 aromatic rings. The van der Waals surface area contributed by atoms with Crippen molar-refractivity contribution in [3.05, 3.63) is 105 Å². The molecule has 5 fully saturated rings. The van der Waals surface area contributed by atoms with E-state index >= 15 is 0 Å². The monoisotopic (exact) mass is 932 g/mol. The van der Waals surface area contributed by atoms with Crippen molar-refractivity contribution in [1.82, 2.24) is 0 Å². The molecule has 5 saturated carbocycles. The first kappa shape index (κ1) is 45.1. The molecular weight excluding hydrogens is 867 g/mol. The average molecular weight is 933 g/mol. The van der Waals surface area contributed by atoms with Gasteiger partial charge in [-0.3, -0.25) is 0 Å². The smallest absolute Gasteiger partial charge is 0 e. The van der Waals surface area contributed by atoms with Crippen molar-refractivity contribution in [2.45, 2.75) is 203 Å². The Morgan fingerprint density at radius 3 is 0.868 bits per heavy atom. The number of rotatable bonds is 9. The van der Waals surface area contributed by atoms with Gasteiger partial charge in [-0.25, -0.2) is 0 Å². The molecule has 5 aliphatic carbocycles. The average Bonchev–Trinajstić information content (AvgIpc) is 3.19. The minimum Gasteiger partial charge on any atom is -0.176 e. The molecule has 0 aromatic heterocycles. The fourth-order valence-electron chi connectivity index (χ4n) is 11.1. The summed E-state index contributed by atoms with van der Waals surface area (Å²) in [6.07, 6.45) is 36.6. The van der Waals surface area contributed by atoms with Gasteiger partial charge in [-0.1, -0.05) is 96.3 Å². The molecule has 0 heterocycles. The van der Waals surface area contributed by atoms with Crippen molar-refractivity contribution in [2.24, 2.45) is 0 Å². The summed E-state index contributed by atoms with van der Waals surface area (Å²) in [6.45, 7) is 0. The van der Waals surface area contributed by atoms with E-state index in [1.54, 1.807) is 5.56 Å². The molecule has 0 nitrogen and oxygen atoms in total. The van der Waals surface area contributed by atoms with Gasteiger partial charge >= 0.3 is 0 Å². The van der Waals surface area contributed by atoms with Crippen LogP contribution in [-0.2, 0) is 111 Å². The van der Waals surface area contributed by atoms with Gasteiger partial charge in [-0.2, -0.15) is 105 Å². The van der Waals surface area contributed by atoms with Crippen molar-refractivity contribution in [3.63, 3.8) is 0 Å². The van der Waals surface area contributed by atoms with Crippen molar-refractivity contribution in [3.8, 4) is 0 Å². The molecule has 3 radical (unpaired) electrons. The van der Waals surface area contributed by atoms with Crippen LogP contribution in [0.4, 0.5) is 0 Å². The normalized spacial score (nSPS) is 21.3. The summed E-state index contributed by atoms with van der Waals surface area (Å²) < 4.78 is 0. The molecule has 0 amide bonds. The van der Waals surface area contributed by atoms with Gasteiger partial charge in [0.1, 0.15) is 0 Å². The van der Waals surface area contributed by atoms with Gasteiger partial charge in [0.05, 0.1) is 0 Å². The van der Waals surface area contributed by atoms with Crippen LogP contribution in [-0.4, -0.2) is 0 Å². The van der Waals surface area contributed by atoms with E-state index in [4.69, 9.17) is 0 Å². The van der Waals surface area contributed by atoms with Crippen molar-refractivity contribution in [2.75, 3.05) is 0 Å². The molecule has 8 rings (SSSR count). The summed E-state index contributed by atoms with van der Waals surface area (Å²) >= 11 is 0. The van der Waals surface area contributed by atoms with Crippen LogP contribution >= 0.6 is 0 Å². The zero-order chi connectivity index (χ0) is 33.5. The SMILES string of the molecule is [Y].[Y].[Y].[c-]1c(Cc2cc(C3CCCCC3)[c-]c(C3CCCCC3)c2)cc(C2CCCCC2)cc1Cc1cc(C2CCCCC2)[c-]c(C2CCCCC2)c1. The predicted octanol–water partition coefficient (Wildman–Crippen LogP) is 14.5. The molecule has 0 aliphatic heterocycles. The third-order valence-corrected chi connectivity index (χ3v) is 14.0. The first-order chi connectivity index (χ1) is 24.7. The minimum absolute atomic E-state index is 0. The van der Waals surface area contributed by atoms with E-state index in [0.717, 1.165) is 18.8 Å². The molecule has 53 heavy (non-hydrogen) atoms. The van der Waals surface area contributed by atoms with Gasteiger partial charge in [0.2, 0.25) is 0 Å². The van der Waals surface area contributed by atoms with E-state index in [1.807, 2.05) is 0 Å². The van der Waals surface area contributed by atoms with Gasteiger partial charge in [-0.05, 0) is 107 Å². The van der Waals surface area contributed by atoms with Gasteiger partial charge in [0, 0.05) is 98.1 Å². The van der Waals surface area contributed by atoms with Crippen molar-refractivity contribution < 1.29 is 98.1 Å². The van der Waals surface area contributed by atoms with Crippen LogP contribution in [0.5, 0.6) is 0 Å². The second-order valence-corrected chi connectivity index (χ2v) is 17.8. The summed E-state index contributed by atoms with van der Waals surface area (Å²) in [5, 5.41) is 0. The van der Waals surface area contributed by atoms with Gasteiger partial charge in [-0.15, -0.1) is 0 Å². The van der Waals surface area contributed by atoms with Crippen LogP contribution in [0.2, 0.25) is 0 Å². The molecule has 0 atom stereocenters. The first-order valence-electron chi connectivity index (χ1n) is 21.9. The zero-order valence-corrected chi connectivity index (χ0v) is 41.7. The third-order valence-electron chi connectivity index (χ3n) is 14.0. The van der Waals surface area contributed by atoms with Crippen molar-refractivity contribution in [1.29, 1.82) is 0 Å². The van der Waals surface area contributed by atoms with E-state index in [-0.39, 0.29) is 98.1 Å². The molecule has 277 valence electrons. The van der Waals surface area contributed by atoms with E-state index in [9.17, 15) is 0 Å². The standard InChI is InChI=1S/C50H65.3Y/c1-6-16-41(17-7-1)46-29-37(27-39-31-47(42-18-8-2-9-19-42)35-48(32-39)43-20-10-3-11-21-43)26-38(30-46)28-40-33-49(44-22-12-4-13-23-44)36-50(34-40)45-24-14-5-15-25-45;;;/h29-34,41-45H,1-25,27-28H2;;;/q-3;;;. The fourth-order valence-corrected chi connectivity index (χ4v) is 11.1. The van der Waals surface area contributed by atoms with Crippen LogP contribution in [0.3, 0.4) is 0 Å². The molecule has 0 spiro atoms. The van der Waals surface area contributed by atoms with Crippen LogP contribution < -0.4 is 0 Å². The maximum Gasteiger partial charge on any atom is 0 e. The van der Waals surface area contributed by atoms with Crippen LogP contribution in [0, 0.1) is 18.2 Å². The van der Waals surface area contributed by atoms with E-state index < -0.39 is 0 Å². The molecular formula is C50H65Y3-3. The summed E-state index contributed by atoms with van der Waals surface area (Å²) in [5.41, 5.74) is 13.7. The Morgan fingerprint density at radius 1 is 0.321 bits per heavy atom. The summed E-state index contributed by atoms with van der Waals surface area (Å²) in [5.74, 6) is 3.57. The Balaban J connectivity index is 0.00000180. The topological polar surface area (TPSA) is 0 Å². The van der Waals surface area contributed by atoms with Crippen molar-refractivity contribution >= 4 is 0 Å². The molecule has 3 aromatic carbocycles. The Hall–Kier alpha value is 0.972. The van der Waals surface area contributed by atoms with Crippen LogP contribution in [0.1, 0.15) is 240 Å². The molecule has 0 unspecified atom stereocenters. The zero-order valence-electron chi connectivity index (χ0n) is 33.2. The Morgan fingerprint density at radius 2 is 0.585 bits per heavy atom. The second-order valence-electron chi connectivity index (χ2n) is 17.8. The van der Waals surface area contributed by atoms with Gasteiger partial charge < -0.3 is 0 Å². The van der Waals surface area contributed by atoms with Gasteiger partial charge in [0.25, 0.3) is 0 Å². The maximum atomic E-state index is 4.10. The van der Waals surface area contributed by atoms with E-state index in [0.29, 0.717) is 23.7 Å². The van der Waals surface area contributed by atoms with E-state index in [1.165, 1.54) is 205 Å². The Bertz CT molecular complexity index is 1350. The fraction of sp³-hybridized carbons (Fsp3) is 0.640. The first-order valence-corrected chi connectivity index (χ1v) is 21.9. The minimum atomic E-state index is 0. The number of hydrogen-bond donors (Lipinski definition) is 0. The van der Waals surface area contributed by atoms with E-state index in [2.05, 4.69) is 54.6 Å². The molecule has 3 heteroatoms. The second kappa shape index (κ2) is 22.9. The molecule has 0 saturated heterocycles.